The SMILES string of the molecule is c1ccc(-c2nc3cc4c(oc5ccccc54)c(-c4ccc(N(c5ccc6c(c5)oc5ccccc56)c5ccc6sc7ccccc7c6c5)cc4)c3o2)cc1. The molecule has 0 unspecified atom stereocenters. The van der Waals surface area contributed by atoms with Crippen LogP contribution < -0.4 is 4.90 Å². The molecule has 0 N–H and O–H groups in total. The van der Waals surface area contributed by atoms with Crippen molar-refractivity contribution in [1.29, 1.82) is 0 Å². The third-order valence-corrected chi connectivity index (χ3v) is 11.8. The number of nitrogens with zero attached hydrogens (tertiary/aromatic N) is 2. The van der Waals surface area contributed by atoms with E-state index in [1.54, 1.807) is 0 Å². The van der Waals surface area contributed by atoms with Crippen molar-refractivity contribution in [3.8, 4) is 22.6 Å². The molecule has 12 aromatic rings. The van der Waals surface area contributed by atoms with Gasteiger partial charge in [-0.05, 0) is 84.4 Å². The molecule has 6 heteroatoms. The number of oxazole rings is 1. The number of rotatable bonds is 5. The maximum absolute atomic E-state index is 6.60. The van der Waals surface area contributed by atoms with Gasteiger partial charge in [0.25, 0.3) is 0 Å². The molecule has 0 atom stereocenters. The quantitative estimate of drug-likeness (QED) is 0.177. The van der Waals surface area contributed by atoms with E-state index in [0.29, 0.717) is 11.5 Å². The lowest BCUT2D eigenvalue weighted by molar-refractivity contribution is 0.619. The van der Waals surface area contributed by atoms with Crippen molar-refractivity contribution in [2.75, 3.05) is 4.90 Å². The Bertz CT molecular complexity index is 3440. The highest BCUT2D eigenvalue weighted by atomic mass is 32.1. The summed E-state index contributed by atoms with van der Waals surface area (Å²) >= 11 is 1.82. The second-order valence-electron chi connectivity index (χ2n) is 13.9. The van der Waals surface area contributed by atoms with Crippen molar-refractivity contribution >= 4 is 104 Å². The molecule has 4 aromatic heterocycles. The molecule has 0 amide bonds. The van der Waals surface area contributed by atoms with Crippen molar-refractivity contribution in [3.63, 3.8) is 0 Å². The molecule has 0 aliphatic carbocycles. The van der Waals surface area contributed by atoms with Crippen molar-refractivity contribution in [2.24, 2.45) is 0 Å². The number of benzene rings is 8. The van der Waals surface area contributed by atoms with E-state index in [4.69, 9.17) is 18.2 Å². The average Bonchev–Trinajstić information content (AvgIpc) is 4.02. The van der Waals surface area contributed by atoms with Crippen LogP contribution in [-0.2, 0) is 0 Å². The maximum Gasteiger partial charge on any atom is 0.227 e. The Morgan fingerprint density at radius 1 is 0.400 bits per heavy atom. The molecule has 258 valence electrons. The van der Waals surface area contributed by atoms with E-state index in [1.807, 2.05) is 72.0 Å². The van der Waals surface area contributed by atoms with Crippen LogP contribution in [0.4, 0.5) is 17.1 Å². The Hall–Kier alpha value is -7.15. The summed E-state index contributed by atoms with van der Waals surface area (Å²) in [6.45, 7) is 0. The maximum atomic E-state index is 6.60. The van der Waals surface area contributed by atoms with Gasteiger partial charge in [0, 0.05) is 70.4 Å². The number of para-hydroxylation sites is 2. The van der Waals surface area contributed by atoms with Gasteiger partial charge in [0.1, 0.15) is 27.8 Å². The smallest absolute Gasteiger partial charge is 0.227 e. The monoisotopic (exact) mass is 724 g/mol. The molecular weight excluding hydrogens is 697 g/mol. The first-order valence-corrected chi connectivity index (χ1v) is 19.1. The highest BCUT2D eigenvalue weighted by Gasteiger charge is 2.23. The Labute approximate surface area is 317 Å². The normalized spacial score (nSPS) is 12.0. The number of aromatic nitrogens is 1. The summed E-state index contributed by atoms with van der Waals surface area (Å²) in [4.78, 5) is 7.30. The second-order valence-corrected chi connectivity index (χ2v) is 15.0. The van der Waals surface area contributed by atoms with Gasteiger partial charge in [0.05, 0.1) is 5.56 Å². The van der Waals surface area contributed by atoms with Crippen LogP contribution in [0, 0.1) is 0 Å². The van der Waals surface area contributed by atoms with Crippen LogP contribution >= 0.6 is 11.3 Å². The molecule has 0 fully saturated rings. The highest BCUT2D eigenvalue weighted by molar-refractivity contribution is 7.25. The predicted molar refractivity (Wildman–Crippen MR) is 227 cm³/mol. The fourth-order valence-electron chi connectivity index (χ4n) is 8.14. The molecule has 0 radical (unpaired) electrons. The van der Waals surface area contributed by atoms with Gasteiger partial charge < -0.3 is 18.2 Å². The first-order valence-electron chi connectivity index (χ1n) is 18.3. The molecule has 0 aliphatic heterocycles. The number of hydrogen-bond acceptors (Lipinski definition) is 6. The van der Waals surface area contributed by atoms with Gasteiger partial charge in [0.2, 0.25) is 5.89 Å². The molecule has 12 rings (SSSR count). The number of furan rings is 2. The molecule has 0 bridgehead atoms. The van der Waals surface area contributed by atoms with E-state index in [0.717, 1.165) is 83.1 Å². The Kier molecular flexibility index (Phi) is 6.44. The lowest BCUT2D eigenvalue weighted by Gasteiger charge is -2.26. The number of hydrogen-bond donors (Lipinski definition) is 0. The summed E-state index contributed by atoms with van der Waals surface area (Å²) in [5, 5.41) is 6.76. The van der Waals surface area contributed by atoms with E-state index in [1.165, 1.54) is 20.2 Å². The average molecular weight is 725 g/mol. The molecule has 55 heavy (non-hydrogen) atoms. The van der Waals surface area contributed by atoms with Gasteiger partial charge in [-0.1, -0.05) is 84.9 Å². The predicted octanol–water partition coefficient (Wildman–Crippen LogP) is 14.8. The van der Waals surface area contributed by atoms with Gasteiger partial charge in [-0.3, -0.25) is 0 Å². The Morgan fingerprint density at radius 3 is 1.87 bits per heavy atom. The molecular formula is C49H28N2O3S. The fraction of sp³-hybridized carbons (Fsp3) is 0. The fourth-order valence-corrected chi connectivity index (χ4v) is 9.23. The van der Waals surface area contributed by atoms with Gasteiger partial charge in [-0.2, -0.15) is 0 Å². The van der Waals surface area contributed by atoms with Gasteiger partial charge in [-0.25, -0.2) is 4.98 Å². The van der Waals surface area contributed by atoms with Gasteiger partial charge in [-0.15, -0.1) is 11.3 Å². The van der Waals surface area contributed by atoms with Crippen LogP contribution in [0.5, 0.6) is 0 Å². The first-order chi connectivity index (χ1) is 27.2. The lowest BCUT2D eigenvalue weighted by Crippen LogP contribution is -2.09. The third-order valence-electron chi connectivity index (χ3n) is 10.7. The van der Waals surface area contributed by atoms with E-state index in [-0.39, 0.29) is 0 Å². The molecule has 0 spiro atoms. The molecule has 0 saturated heterocycles. The van der Waals surface area contributed by atoms with E-state index < -0.39 is 0 Å². The minimum absolute atomic E-state index is 0.578. The number of thiophene rings is 1. The Balaban J connectivity index is 1.06. The molecule has 0 aliphatic rings. The molecule has 0 saturated carbocycles. The molecule has 4 heterocycles. The number of anilines is 3. The summed E-state index contributed by atoms with van der Waals surface area (Å²) in [5.41, 5.74) is 10.7. The van der Waals surface area contributed by atoms with Crippen molar-refractivity contribution in [3.05, 3.63) is 170 Å². The van der Waals surface area contributed by atoms with Crippen molar-refractivity contribution in [2.45, 2.75) is 0 Å². The van der Waals surface area contributed by atoms with Crippen molar-refractivity contribution in [1.82, 2.24) is 4.98 Å². The van der Waals surface area contributed by atoms with Crippen LogP contribution in [-0.4, -0.2) is 4.98 Å². The standard InChI is InChI=1S/C49H28N2O3S/c1-2-10-30(11-3-1)49-50-40-28-39-35-13-5-8-16-42(35)53-47(39)46(48(40)54-49)29-18-20-31(21-19-29)51(32-23-25-45-38(26-32)37-14-6-9-17-44(37)55-45)33-22-24-36-34-12-4-7-15-41(34)52-43(36)27-33/h1-28H. The number of fused-ring (bicyclic) bond motifs is 10. The minimum atomic E-state index is 0.578. The minimum Gasteiger partial charge on any atom is -0.456 e. The van der Waals surface area contributed by atoms with E-state index in [2.05, 4.69) is 114 Å². The van der Waals surface area contributed by atoms with Crippen LogP contribution in [0.3, 0.4) is 0 Å². The lowest BCUT2D eigenvalue weighted by atomic mass is 10.00. The summed E-state index contributed by atoms with van der Waals surface area (Å²) in [6.07, 6.45) is 0. The summed E-state index contributed by atoms with van der Waals surface area (Å²) < 4.78 is 22.1. The van der Waals surface area contributed by atoms with Crippen LogP contribution in [0.2, 0.25) is 0 Å². The zero-order valence-corrected chi connectivity index (χ0v) is 30.0. The van der Waals surface area contributed by atoms with E-state index >= 15 is 0 Å². The first kappa shape index (κ1) is 30.3. The largest absolute Gasteiger partial charge is 0.456 e. The topological polar surface area (TPSA) is 55.6 Å². The summed E-state index contributed by atoms with van der Waals surface area (Å²) in [7, 11) is 0. The third kappa shape index (κ3) is 4.68. The van der Waals surface area contributed by atoms with Gasteiger partial charge in [0.15, 0.2) is 5.58 Å². The van der Waals surface area contributed by atoms with E-state index in [9.17, 15) is 0 Å². The molecule has 5 nitrogen and oxygen atoms in total. The zero-order chi connectivity index (χ0) is 36.0. The zero-order valence-electron chi connectivity index (χ0n) is 29.2. The molecule has 8 aromatic carbocycles. The van der Waals surface area contributed by atoms with Gasteiger partial charge >= 0.3 is 0 Å². The summed E-state index contributed by atoms with van der Waals surface area (Å²) in [6, 6.07) is 59.1. The highest BCUT2D eigenvalue weighted by Crippen LogP contribution is 2.45. The Morgan fingerprint density at radius 2 is 1.04 bits per heavy atom. The second kappa shape index (κ2) is 11.7. The summed E-state index contributed by atoms with van der Waals surface area (Å²) in [5.74, 6) is 0.578. The van der Waals surface area contributed by atoms with Crippen LogP contribution in [0.25, 0.3) is 97.7 Å². The van der Waals surface area contributed by atoms with Crippen LogP contribution in [0.15, 0.2) is 183 Å². The van der Waals surface area contributed by atoms with Crippen LogP contribution in [0.1, 0.15) is 0 Å². The van der Waals surface area contributed by atoms with Crippen molar-refractivity contribution < 1.29 is 13.3 Å².